The zero-order valence-corrected chi connectivity index (χ0v) is 15.1. The van der Waals surface area contributed by atoms with Crippen molar-refractivity contribution in [3.05, 3.63) is 0 Å². The van der Waals surface area contributed by atoms with Gasteiger partial charge in [-0.25, -0.2) is 15.1 Å². The van der Waals surface area contributed by atoms with Gasteiger partial charge in [-0.3, -0.25) is 4.79 Å². The van der Waals surface area contributed by atoms with Crippen LogP contribution in [0.5, 0.6) is 0 Å². The number of aliphatic hydroxyl groups excluding tert-OH is 1. The number of carbonyl (C=O) groups is 3. The Morgan fingerprint density at radius 1 is 1.04 bits per heavy atom. The summed E-state index contributed by atoms with van der Waals surface area (Å²) in [6.45, 7) is 11.2. The number of hydrazine groups is 1. The lowest BCUT2D eigenvalue weighted by Gasteiger charge is -2.27. The number of ether oxygens (including phenoxy) is 2. The highest BCUT2D eigenvalue weighted by Gasteiger charge is 2.28. The first-order chi connectivity index (χ1) is 10.7. The Bertz CT molecular complexity index is 452. The number of nitrogens with zero attached hydrogens (tertiary/aromatic N) is 1. The maximum atomic E-state index is 12.0. The Balaban J connectivity index is 4.86. The molecule has 0 aliphatic rings. The van der Waals surface area contributed by atoms with E-state index in [9.17, 15) is 14.4 Å². The van der Waals surface area contributed by atoms with Crippen LogP contribution in [0.4, 0.5) is 9.59 Å². The molecule has 0 aromatic heterocycles. The number of hydrogen-bond donors (Lipinski definition) is 3. The number of amides is 3. The molecule has 10 heteroatoms. The van der Waals surface area contributed by atoms with Crippen molar-refractivity contribution in [2.24, 2.45) is 0 Å². The van der Waals surface area contributed by atoms with Gasteiger partial charge in [0.2, 0.25) is 5.91 Å². The fourth-order valence-corrected chi connectivity index (χ4v) is 1.20. The lowest BCUT2D eigenvalue weighted by atomic mass is 10.2. The Kier molecular flexibility index (Phi) is 7.94. The maximum Gasteiger partial charge on any atom is 0.456 e. The van der Waals surface area contributed by atoms with E-state index in [-0.39, 0.29) is 6.42 Å². The number of hydroxylamine groups is 2. The fraction of sp³-hybridized carbons (Fsp3) is 0.786. The predicted octanol–water partition coefficient (Wildman–Crippen LogP) is 1.40. The van der Waals surface area contributed by atoms with Gasteiger partial charge in [-0.1, -0.05) is 5.17 Å². The molecule has 0 saturated carbocycles. The van der Waals surface area contributed by atoms with Crippen LogP contribution in [0, 0.1) is 0 Å². The Morgan fingerprint density at radius 3 is 1.96 bits per heavy atom. The summed E-state index contributed by atoms with van der Waals surface area (Å²) in [7, 11) is 0. The summed E-state index contributed by atoms with van der Waals surface area (Å²) in [4.78, 5) is 39.9. The van der Waals surface area contributed by atoms with E-state index in [0.29, 0.717) is 5.17 Å². The molecule has 10 nitrogen and oxygen atoms in total. The molecule has 140 valence electrons. The SMILES string of the molecule is C[C@H](O)CC(=O)NON(NC(=O)OC(C)(C)C)C(=O)OC(C)(C)C. The van der Waals surface area contributed by atoms with E-state index in [1.165, 1.54) is 6.92 Å². The molecule has 0 heterocycles. The monoisotopic (exact) mass is 349 g/mol. The van der Waals surface area contributed by atoms with Gasteiger partial charge in [0.25, 0.3) is 0 Å². The molecule has 0 spiro atoms. The van der Waals surface area contributed by atoms with E-state index in [4.69, 9.17) is 19.5 Å². The van der Waals surface area contributed by atoms with Crippen LogP contribution in [0.2, 0.25) is 0 Å². The highest BCUT2D eigenvalue weighted by molar-refractivity contribution is 5.76. The van der Waals surface area contributed by atoms with E-state index in [0.717, 1.165) is 0 Å². The molecule has 0 bridgehead atoms. The molecule has 3 N–H and O–H groups in total. The zero-order valence-electron chi connectivity index (χ0n) is 15.1. The molecule has 1 atom stereocenters. The molecule has 0 aliphatic heterocycles. The summed E-state index contributed by atoms with van der Waals surface area (Å²) < 4.78 is 10.0. The largest absolute Gasteiger partial charge is 0.456 e. The summed E-state index contributed by atoms with van der Waals surface area (Å²) in [5, 5.41) is 9.40. The fourth-order valence-electron chi connectivity index (χ4n) is 1.20. The highest BCUT2D eigenvalue weighted by atomic mass is 16.9. The van der Waals surface area contributed by atoms with Crippen molar-refractivity contribution in [1.29, 1.82) is 0 Å². The quantitative estimate of drug-likeness (QED) is 0.655. The van der Waals surface area contributed by atoms with Gasteiger partial charge in [-0.2, -0.15) is 5.43 Å². The molecule has 0 aliphatic carbocycles. The van der Waals surface area contributed by atoms with Crippen molar-refractivity contribution in [1.82, 2.24) is 16.1 Å². The second-order valence-corrected chi connectivity index (χ2v) is 7.06. The van der Waals surface area contributed by atoms with Gasteiger partial charge >= 0.3 is 12.2 Å². The third-order valence-electron chi connectivity index (χ3n) is 1.88. The van der Waals surface area contributed by atoms with Crippen LogP contribution in [0.3, 0.4) is 0 Å². The van der Waals surface area contributed by atoms with Crippen molar-refractivity contribution in [3.63, 3.8) is 0 Å². The molecule has 0 aromatic rings. The second kappa shape index (κ2) is 8.69. The summed E-state index contributed by atoms with van der Waals surface area (Å²) >= 11 is 0. The van der Waals surface area contributed by atoms with E-state index in [2.05, 4.69) is 0 Å². The van der Waals surface area contributed by atoms with E-state index in [1.807, 2.05) is 10.9 Å². The number of rotatable bonds is 4. The minimum absolute atomic E-state index is 0.255. The lowest BCUT2D eigenvalue weighted by molar-refractivity contribution is -0.218. The Hall–Kier alpha value is -2.07. The normalized spacial score (nSPS) is 12.8. The molecule has 0 unspecified atom stereocenters. The summed E-state index contributed by atoms with van der Waals surface area (Å²) in [6, 6.07) is 0. The molecule has 0 aromatic carbocycles. The van der Waals surface area contributed by atoms with Crippen molar-refractivity contribution in [2.45, 2.75) is 72.2 Å². The van der Waals surface area contributed by atoms with Gasteiger partial charge < -0.3 is 14.6 Å². The minimum Gasteiger partial charge on any atom is -0.443 e. The number of aliphatic hydroxyl groups is 1. The minimum atomic E-state index is -1.08. The molecular weight excluding hydrogens is 322 g/mol. The topological polar surface area (TPSA) is 126 Å². The molecule has 0 saturated heterocycles. The Labute approximate surface area is 141 Å². The van der Waals surface area contributed by atoms with Crippen molar-refractivity contribution in [3.8, 4) is 0 Å². The predicted molar refractivity (Wildman–Crippen MR) is 83.0 cm³/mol. The van der Waals surface area contributed by atoms with Crippen LogP contribution in [0.15, 0.2) is 0 Å². The average Bonchev–Trinajstić information content (AvgIpc) is 2.28. The smallest absolute Gasteiger partial charge is 0.443 e. The number of carbonyl (C=O) groups excluding carboxylic acids is 3. The summed E-state index contributed by atoms with van der Waals surface area (Å²) in [5.74, 6) is -0.704. The highest BCUT2D eigenvalue weighted by Crippen LogP contribution is 2.10. The molecule has 24 heavy (non-hydrogen) atoms. The zero-order chi connectivity index (χ0) is 19.1. The van der Waals surface area contributed by atoms with E-state index < -0.39 is 35.4 Å². The second-order valence-electron chi connectivity index (χ2n) is 7.06. The molecule has 0 radical (unpaired) electrons. The third kappa shape index (κ3) is 11.5. The first-order valence-corrected chi connectivity index (χ1v) is 7.36. The average molecular weight is 349 g/mol. The van der Waals surface area contributed by atoms with Gasteiger partial charge in [-0.05, 0) is 48.5 Å². The van der Waals surface area contributed by atoms with Gasteiger partial charge in [0.15, 0.2) is 0 Å². The first kappa shape index (κ1) is 21.9. The van der Waals surface area contributed by atoms with Crippen molar-refractivity contribution >= 4 is 18.1 Å². The van der Waals surface area contributed by atoms with Crippen LogP contribution >= 0.6 is 0 Å². The maximum absolute atomic E-state index is 12.0. The first-order valence-electron chi connectivity index (χ1n) is 7.36. The van der Waals surface area contributed by atoms with Gasteiger partial charge in [0.1, 0.15) is 11.2 Å². The van der Waals surface area contributed by atoms with Crippen LogP contribution in [-0.2, 0) is 19.2 Å². The number of nitrogens with one attached hydrogen (secondary N) is 2. The van der Waals surface area contributed by atoms with Crippen LogP contribution < -0.4 is 10.9 Å². The Morgan fingerprint density at radius 2 is 1.54 bits per heavy atom. The lowest BCUT2D eigenvalue weighted by Crippen LogP contribution is -2.52. The van der Waals surface area contributed by atoms with Crippen LogP contribution in [0.1, 0.15) is 54.9 Å². The van der Waals surface area contributed by atoms with Gasteiger partial charge in [0.05, 0.1) is 12.5 Å². The number of hydrogen-bond acceptors (Lipinski definition) is 7. The summed E-state index contributed by atoms with van der Waals surface area (Å²) in [5.41, 5.74) is 2.24. The van der Waals surface area contributed by atoms with E-state index >= 15 is 0 Å². The molecular formula is C14H27N3O7. The molecule has 0 rings (SSSR count). The molecule has 3 amide bonds. The van der Waals surface area contributed by atoms with Crippen LogP contribution in [-0.4, -0.2) is 45.7 Å². The third-order valence-corrected chi connectivity index (χ3v) is 1.88. The van der Waals surface area contributed by atoms with Crippen molar-refractivity contribution in [2.75, 3.05) is 0 Å². The van der Waals surface area contributed by atoms with Gasteiger partial charge in [0, 0.05) is 0 Å². The van der Waals surface area contributed by atoms with E-state index in [1.54, 1.807) is 41.5 Å². The van der Waals surface area contributed by atoms with Crippen LogP contribution in [0.25, 0.3) is 0 Å². The standard InChI is InChI=1S/C14H27N3O7/c1-9(18)8-10(19)16-24-17(12(21)23-14(5,6)7)15-11(20)22-13(2,3)4/h9,18H,8H2,1-7H3,(H,15,20)(H,16,19)/t9-/m0/s1. The molecule has 0 fully saturated rings. The summed E-state index contributed by atoms with van der Waals surface area (Å²) in [6.07, 6.45) is -3.22. The van der Waals surface area contributed by atoms with Gasteiger partial charge in [-0.15, -0.1) is 4.94 Å². The van der Waals surface area contributed by atoms with Crippen molar-refractivity contribution < 1.29 is 33.9 Å².